The van der Waals surface area contributed by atoms with E-state index in [-0.39, 0.29) is 0 Å². The van der Waals surface area contributed by atoms with Gasteiger partial charge in [-0.15, -0.1) is 13.2 Å². The van der Waals surface area contributed by atoms with E-state index in [1.54, 1.807) is 0 Å². The molecule has 0 aliphatic rings. The van der Waals surface area contributed by atoms with Crippen LogP contribution < -0.4 is 10.2 Å². The molecule has 160 valence electrons. The molecule has 0 aliphatic heterocycles. The second kappa shape index (κ2) is 12.6. The summed E-state index contributed by atoms with van der Waals surface area (Å²) in [6.45, 7) is 8.49. The smallest absolute Gasteiger partial charge is 0.0449 e. The third-order valence-electron chi connectivity index (χ3n) is 4.86. The van der Waals surface area contributed by atoms with E-state index in [0.29, 0.717) is 0 Å². The van der Waals surface area contributed by atoms with E-state index in [0.717, 1.165) is 24.3 Å². The minimum absolute atomic E-state index is 0.790. The summed E-state index contributed by atoms with van der Waals surface area (Å²) >= 11 is 0. The first-order valence-electron chi connectivity index (χ1n) is 10.8. The molecule has 1 N–H and O–H groups in total. The molecule has 2 nitrogen and oxygen atoms in total. The Morgan fingerprint density at radius 3 is 1.62 bits per heavy atom. The normalized spacial score (nSPS) is 9.75. The predicted molar refractivity (Wildman–Crippen MR) is 140 cm³/mol. The molecule has 0 spiro atoms. The van der Waals surface area contributed by atoms with E-state index in [1.165, 1.54) is 16.9 Å². The zero-order valence-electron chi connectivity index (χ0n) is 18.4. The molecule has 2 heteroatoms. The number of hydrogen-bond acceptors (Lipinski definition) is 2. The number of nitrogens with zero attached hydrogens (tertiary/aromatic N) is 1. The van der Waals surface area contributed by atoms with Crippen molar-refractivity contribution in [2.75, 3.05) is 16.8 Å². The third-order valence-corrected chi connectivity index (χ3v) is 4.86. The van der Waals surface area contributed by atoms with Gasteiger partial charge in [-0.05, 0) is 54.4 Å². The van der Waals surface area contributed by atoms with Gasteiger partial charge in [0.2, 0.25) is 0 Å². The Labute approximate surface area is 192 Å². The highest BCUT2D eigenvalue weighted by atomic mass is 15.1. The van der Waals surface area contributed by atoms with Gasteiger partial charge in [-0.3, -0.25) is 0 Å². The molecule has 4 rings (SSSR count). The quantitative estimate of drug-likeness (QED) is 0.290. The molecule has 0 saturated carbocycles. The summed E-state index contributed by atoms with van der Waals surface area (Å²) in [5.74, 6) is 0. The number of para-hydroxylation sites is 4. The second-order valence-electron chi connectivity index (χ2n) is 7.21. The maximum atomic E-state index is 3.87. The zero-order chi connectivity index (χ0) is 22.4. The molecule has 0 heterocycles. The molecule has 0 radical (unpaired) electrons. The monoisotopic (exact) mass is 418 g/mol. The fourth-order valence-electron chi connectivity index (χ4n) is 3.39. The summed E-state index contributed by atoms with van der Waals surface area (Å²) in [5.41, 5.74) is 5.91. The Bertz CT molecular complexity index is 1040. The lowest BCUT2D eigenvalue weighted by atomic mass is 10.1. The highest BCUT2D eigenvalue weighted by Gasteiger charge is 2.10. The topological polar surface area (TPSA) is 15.3 Å². The molecule has 4 aromatic carbocycles. The van der Waals surface area contributed by atoms with Gasteiger partial charge in [0.25, 0.3) is 0 Å². The molecule has 32 heavy (non-hydrogen) atoms. The van der Waals surface area contributed by atoms with E-state index < -0.39 is 0 Å². The van der Waals surface area contributed by atoms with Crippen molar-refractivity contribution in [3.63, 3.8) is 0 Å². The number of hydrogen-bond donors (Lipinski definition) is 1. The molecule has 0 atom stereocenters. The molecular formula is C30H30N2. The summed E-state index contributed by atoms with van der Waals surface area (Å²) in [7, 11) is 0. The van der Waals surface area contributed by atoms with Crippen LogP contribution in [0.1, 0.15) is 5.56 Å². The van der Waals surface area contributed by atoms with Crippen LogP contribution >= 0.6 is 0 Å². The Kier molecular flexibility index (Phi) is 8.92. The molecule has 0 aliphatic carbocycles. The van der Waals surface area contributed by atoms with E-state index in [1.807, 2.05) is 78.9 Å². The van der Waals surface area contributed by atoms with Crippen LogP contribution in [0.5, 0.6) is 0 Å². The largest absolute Gasteiger partial charge is 0.356 e. The van der Waals surface area contributed by atoms with Gasteiger partial charge in [-0.2, -0.15) is 0 Å². The van der Waals surface area contributed by atoms with Gasteiger partial charge in [0, 0.05) is 29.3 Å². The van der Waals surface area contributed by atoms with Crippen molar-refractivity contribution in [2.45, 2.75) is 6.42 Å². The fraction of sp³-hybridized carbons (Fsp3) is 0.0667. The van der Waals surface area contributed by atoms with Crippen LogP contribution in [0.15, 0.2) is 141 Å². The van der Waals surface area contributed by atoms with E-state index >= 15 is 0 Å². The minimum Gasteiger partial charge on any atom is -0.356 e. The first kappa shape index (κ1) is 22.6. The maximum absolute atomic E-state index is 3.87. The lowest BCUT2D eigenvalue weighted by molar-refractivity contribution is 1.07. The summed E-state index contributed by atoms with van der Waals surface area (Å²) < 4.78 is 0. The lowest BCUT2D eigenvalue weighted by Crippen LogP contribution is -2.18. The van der Waals surface area contributed by atoms with Crippen molar-refractivity contribution in [1.29, 1.82) is 0 Å². The fourth-order valence-corrected chi connectivity index (χ4v) is 3.39. The lowest BCUT2D eigenvalue weighted by Gasteiger charge is -2.26. The first-order valence-corrected chi connectivity index (χ1v) is 10.8. The molecule has 0 bridgehead atoms. The number of benzene rings is 4. The van der Waals surface area contributed by atoms with Gasteiger partial charge < -0.3 is 10.2 Å². The molecule has 0 aromatic heterocycles. The molecule has 4 aromatic rings. The summed E-state index contributed by atoms with van der Waals surface area (Å²) in [6, 6.07) is 39.1. The summed E-state index contributed by atoms with van der Waals surface area (Å²) in [5, 5.41) is 3.30. The van der Waals surface area contributed by atoms with Gasteiger partial charge in [0.1, 0.15) is 0 Å². The Morgan fingerprint density at radius 1 is 0.594 bits per heavy atom. The molecule has 0 fully saturated rings. The maximum Gasteiger partial charge on any atom is 0.0449 e. The number of rotatable bonds is 8. The minimum atomic E-state index is 0.790. The summed E-state index contributed by atoms with van der Waals surface area (Å²) in [4.78, 5) is 2.27. The van der Waals surface area contributed by atoms with Crippen LogP contribution in [0.2, 0.25) is 0 Å². The first-order chi connectivity index (χ1) is 15.8. The Balaban J connectivity index is 0.000000193. The van der Waals surface area contributed by atoms with E-state index in [2.05, 4.69) is 71.9 Å². The highest BCUT2D eigenvalue weighted by molar-refractivity contribution is 5.67. The van der Waals surface area contributed by atoms with Crippen LogP contribution in [-0.2, 0) is 6.42 Å². The van der Waals surface area contributed by atoms with Crippen molar-refractivity contribution in [1.82, 2.24) is 0 Å². The van der Waals surface area contributed by atoms with Gasteiger partial charge in [0.05, 0.1) is 0 Å². The Hall–Kier alpha value is -4.04. The van der Waals surface area contributed by atoms with Crippen molar-refractivity contribution in [3.8, 4) is 0 Å². The van der Waals surface area contributed by atoms with Crippen molar-refractivity contribution >= 4 is 22.7 Å². The van der Waals surface area contributed by atoms with Crippen LogP contribution in [0, 0.1) is 0 Å². The van der Waals surface area contributed by atoms with Crippen LogP contribution in [0.25, 0.3) is 0 Å². The van der Waals surface area contributed by atoms with E-state index in [4.69, 9.17) is 0 Å². The van der Waals surface area contributed by atoms with Crippen LogP contribution in [0.4, 0.5) is 22.7 Å². The molecule has 0 amide bonds. The number of nitrogens with one attached hydrogen (secondary N) is 1. The number of allylic oxidation sites excluding steroid dienone is 1. The highest BCUT2D eigenvalue weighted by Crippen LogP contribution is 2.28. The molecular weight excluding hydrogens is 388 g/mol. The van der Waals surface area contributed by atoms with Crippen LogP contribution in [-0.4, -0.2) is 6.54 Å². The SMILES string of the molecule is C=CCc1ccccc1N(CC=C)c1ccccc1.c1ccc(Nc2ccccc2)cc1. The van der Waals surface area contributed by atoms with Gasteiger partial charge in [0.15, 0.2) is 0 Å². The Morgan fingerprint density at radius 2 is 1.09 bits per heavy atom. The standard InChI is InChI=1S/C18H19N.C12H11N/c1-3-10-16-11-8-9-14-18(16)19(15-4-2)17-12-6-5-7-13-17;1-3-7-11(8-4-1)13-12-9-5-2-6-10-12/h3-9,11-14H,1-2,10,15H2;1-10,13H. The van der Waals surface area contributed by atoms with Crippen molar-refractivity contribution in [3.05, 3.63) is 146 Å². The van der Waals surface area contributed by atoms with Gasteiger partial charge in [-0.25, -0.2) is 0 Å². The molecule has 0 saturated heterocycles. The van der Waals surface area contributed by atoms with Gasteiger partial charge >= 0.3 is 0 Å². The van der Waals surface area contributed by atoms with E-state index in [9.17, 15) is 0 Å². The zero-order valence-corrected chi connectivity index (χ0v) is 18.4. The van der Waals surface area contributed by atoms with Gasteiger partial charge in [-0.1, -0.05) is 84.9 Å². The number of anilines is 4. The van der Waals surface area contributed by atoms with Crippen molar-refractivity contribution < 1.29 is 0 Å². The predicted octanol–water partition coefficient (Wildman–Crippen LogP) is 8.17. The average molecular weight is 419 g/mol. The van der Waals surface area contributed by atoms with Crippen molar-refractivity contribution in [2.24, 2.45) is 0 Å². The third kappa shape index (κ3) is 6.75. The summed E-state index contributed by atoms with van der Waals surface area (Å²) in [6.07, 6.45) is 4.74. The average Bonchev–Trinajstić information content (AvgIpc) is 2.86. The second-order valence-corrected chi connectivity index (χ2v) is 7.21. The molecule has 0 unspecified atom stereocenters. The van der Waals surface area contributed by atoms with Crippen LogP contribution in [0.3, 0.4) is 0 Å².